The lowest BCUT2D eigenvalue weighted by atomic mass is 9.80. The zero-order valence-corrected chi connectivity index (χ0v) is 12.0. The number of carboxylic acid groups (broad SMARTS) is 1. The van der Waals surface area contributed by atoms with Gasteiger partial charge < -0.3 is 5.11 Å². The topological polar surface area (TPSA) is 63.1 Å². The van der Waals surface area contributed by atoms with Crippen molar-refractivity contribution in [1.29, 1.82) is 0 Å². The Bertz CT molecular complexity index is 413. The fourth-order valence-corrected chi connectivity index (χ4v) is 4.14. The van der Waals surface area contributed by atoms with Crippen LogP contribution < -0.4 is 0 Å². The van der Waals surface area contributed by atoms with Crippen LogP contribution in [0, 0.1) is 11.8 Å². The van der Waals surface area contributed by atoms with Crippen LogP contribution in [-0.4, -0.2) is 26.3 Å². The number of aromatic nitrogens is 2. The highest BCUT2D eigenvalue weighted by Gasteiger charge is 2.35. The lowest BCUT2D eigenvalue weighted by molar-refractivity contribution is -0.142. The van der Waals surface area contributed by atoms with E-state index in [1.165, 1.54) is 19.2 Å². The third-order valence-electron chi connectivity index (χ3n) is 3.74. The molecule has 19 heavy (non-hydrogen) atoms. The van der Waals surface area contributed by atoms with E-state index in [2.05, 4.69) is 16.9 Å². The molecule has 1 aliphatic carbocycles. The molecule has 2 rings (SSSR count). The van der Waals surface area contributed by atoms with Gasteiger partial charge in [-0.15, -0.1) is 11.8 Å². The monoisotopic (exact) mass is 280 g/mol. The zero-order valence-electron chi connectivity index (χ0n) is 11.2. The molecule has 1 aromatic heterocycles. The predicted octanol–water partition coefficient (Wildman–Crippen LogP) is 3.24. The van der Waals surface area contributed by atoms with Crippen LogP contribution in [0.3, 0.4) is 0 Å². The molecular weight excluding hydrogens is 260 g/mol. The largest absolute Gasteiger partial charge is 0.481 e. The standard InChI is InChI=1S/C14H20N2O2S/c1-2-3-10-4-5-11(14(17)18)12(8-10)19-13-6-7-15-9-16-13/h6-7,9-12H,2-5,8H2,1H3,(H,17,18). The molecule has 1 fully saturated rings. The molecule has 1 aromatic rings. The molecular formula is C14H20N2O2S. The highest BCUT2D eigenvalue weighted by Crippen LogP contribution is 2.40. The van der Waals surface area contributed by atoms with Crippen LogP contribution in [0.1, 0.15) is 39.0 Å². The van der Waals surface area contributed by atoms with Crippen molar-refractivity contribution in [3.8, 4) is 0 Å². The fourth-order valence-electron chi connectivity index (χ4n) is 2.80. The molecule has 0 amide bonds. The van der Waals surface area contributed by atoms with Gasteiger partial charge in [0.15, 0.2) is 0 Å². The van der Waals surface area contributed by atoms with E-state index in [4.69, 9.17) is 0 Å². The Hall–Kier alpha value is -1.10. The second kappa shape index (κ2) is 6.89. The maximum atomic E-state index is 11.4. The number of carbonyl (C=O) groups is 1. The van der Waals surface area contributed by atoms with Crippen LogP contribution in [0.25, 0.3) is 0 Å². The first-order chi connectivity index (χ1) is 9.20. The van der Waals surface area contributed by atoms with Gasteiger partial charge in [-0.3, -0.25) is 4.79 Å². The summed E-state index contributed by atoms with van der Waals surface area (Å²) in [6, 6.07) is 1.85. The van der Waals surface area contributed by atoms with Gasteiger partial charge in [0.1, 0.15) is 6.33 Å². The average molecular weight is 280 g/mol. The lowest BCUT2D eigenvalue weighted by Gasteiger charge is -2.33. The van der Waals surface area contributed by atoms with E-state index in [9.17, 15) is 9.90 Å². The first kappa shape index (κ1) is 14.3. The number of aliphatic carboxylic acids is 1. The SMILES string of the molecule is CCCC1CCC(C(=O)O)C(Sc2ccncn2)C1. The summed E-state index contributed by atoms with van der Waals surface area (Å²) in [5.74, 6) is -0.241. The van der Waals surface area contributed by atoms with E-state index in [0.717, 1.165) is 24.3 Å². The average Bonchev–Trinajstić information content (AvgIpc) is 2.40. The van der Waals surface area contributed by atoms with Crippen LogP contribution in [0.4, 0.5) is 0 Å². The molecule has 1 aliphatic rings. The summed E-state index contributed by atoms with van der Waals surface area (Å²) in [5.41, 5.74) is 0. The van der Waals surface area contributed by atoms with Crippen LogP contribution >= 0.6 is 11.8 Å². The Balaban J connectivity index is 2.05. The summed E-state index contributed by atoms with van der Waals surface area (Å²) < 4.78 is 0. The van der Waals surface area contributed by atoms with Crippen LogP contribution in [-0.2, 0) is 4.79 Å². The Morgan fingerprint density at radius 2 is 2.37 bits per heavy atom. The summed E-state index contributed by atoms with van der Waals surface area (Å²) in [7, 11) is 0. The molecule has 0 aromatic carbocycles. The van der Waals surface area contributed by atoms with E-state index >= 15 is 0 Å². The van der Waals surface area contributed by atoms with Crippen molar-refractivity contribution in [2.24, 2.45) is 11.8 Å². The second-order valence-electron chi connectivity index (χ2n) is 5.12. The van der Waals surface area contributed by atoms with Gasteiger partial charge in [-0.1, -0.05) is 19.8 Å². The molecule has 1 N–H and O–H groups in total. The molecule has 0 bridgehead atoms. The minimum Gasteiger partial charge on any atom is -0.481 e. The van der Waals surface area contributed by atoms with Gasteiger partial charge in [0.05, 0.1) is 10.9 Å². The molecule has 4 nitrogen and oxygen atoms in total. The number of carboxylic acids is 1. The molecule has 104 valence electrons. The predicted molar refractivity (Wildman–Crippen MR) is 75.1 cm³/mol. The Kier molecular flexibility index (Phi) is 5.19. The van der Waals surface area contributed by atoms with Crippen LogP contribution in [0.15, 0.2) is 23.6 Å². The van der Waals surface area contributed by atoms with E-state index in [0.29, 0.717) is 5.92 Å². The molecule has 0 saturated heterocycles. The van der Waals surface area contributed by atoms with Gasteiger partial charge in [-0.25, -0.2) is 9.97 Å². The normalized spacial score (nSPS) is 27.1. The van der Waals surface area contributed by atoms with Crippen molar-refractivity contribution < 1.29 is 9.90 Å². The summed E-state index contributed by atoms with van der Waals surface area (Å²) in [6.07, 6.45) is 8.43. The molecule has 0 spiro atoms. The van der Waals surface area contributed by atoms with E-state index in [1.54, 1.807) is 18.0 Å². The third-order valence-corrected chi connectivity index (χ3v) is 5.05. The van der Waals surface area contributed by atoms with Crippen LogP contribution in [0.2, 0.25) is 0 Å². The first-order valence-corrected chi connectivity index (χ1v) is 7.74. The van der Waals surface area contributed by atoms with Crippen molar-refractivity contribution in [3.05, 3.63) is 18.6 Å². The molecule has 3 unspecified atom stereocenters. The molecule has 3 atom stereocenters. The summed E-state index contributed by atoms with van der Waals surface area (Å²) in [6.45, 7) is 2.19. The Labute approximate surface area is 118 Å². The van der Waals surface area contributed by atoms with E-state index < -0.39 is 5.97 Å². The van der Waals surface area contributed by atoms with E-state index in [-0.39, 0.29) is 11.2 Å². The summed E-state index contributed by atoms with van der Waals surface area (Å²) in [5, 5.41) is 10.4. The summed E-state index contributed by atoms with van der Waals surface area (Å²) in [4.78, 5) is 19.5. The van der Waals surface area contributed by atoms with Gasteiger partial charge in [0, 0.05) is 11.4 Å². The molecule has 1 saturated carbocycles. The Morgan fingerprint density at radius 3 is 3.00 bits per heavy atom. The minimum atomic E-state index is -0.665. The van der Waals surface area contributed by atoms with Crippen LogP contribution in [0.5, 0.6) is 0 Å². The Morgan fingerprint density at radius 1 is 1.53 bits per heavy atom. The van der Waals surface area contributed by atoms with E-state index in [1.807, 2.05) is 6.07 Å². The van der Waals surface area contributed by atoms with Crippen molar-refractivity contribution in [2.75, 3.05) is 0 Å². The zero-order chi connectivity index (χ0) is 13.7. The highest BCUT2D eigenvalue weighted by atomic mass is 32.2. The van der Waals surface area contributed by atoms with Crippen molar-refractivity contribution in [1.82, 2.24) is 9.97 Å². The van der Waals surface area contributed by atoms with Gasteiger partial charge in [-0.05, 0) is 31.2 Å². The molecule has 5 heteroatoms. The number of nitrogens with zero attached hydrogens (tertiary/aromatic N) is 2. The fraction of sp³-hybridized carbons (Fsp3) is 0.643. The second-order valence-corrected chi connectivity index (χ2v) is 6.38. The number of rotatable bonds is 5. The maximum Gasteiger partial charge on any atom is 0.307 e. The lowest BCUT2D eigenvalue weighted by Crippen LogP contribution is -2.32. The third kappa shape index (κ3) is 3.93. The first-order valence-electron chi connectivity index (χ1n) is 6.86. The highest BCUT2D eigenvalue weighted by molar-refractivity contribution is 7.99. The van der Waals surface area contributed by atoms with Crippen molar-refractivity contribution >= 4 is 17.7 Å². The molecule has 0 radical (unpaired) electrons. The van der Waals surface area contributed by atoms with Gasteiger partial charge in [0.25, 0.3) is 0 Å². The molecule has 0 aliphatic heterocycles. The minimum absolute atomic E-state index is 0.137. The summed E-state index contributed by atoms with van der Waals surface area (Å²) >= 11 is 1.60. The van der Waals surface area contributed by atoms with Gasteiger partial charge in [-0.2, -0.15) is 0 Å². The number of hydrogen-bond donors (Lipinski definition) is 1. The number of thioether (sulfide) groups is 1. The maximum absolute atomic E-state index is 11.4. The van der Waals surface area contributed by atoms with Crippen molar-refractivity contribution in [3.63, 3.8) is 0 Å². The van der Waals surface area contributed by atoms with Gasteiger partial charge in [0.2, 0.25) is 0 Å². The smallest absolute Gasteiger partial charge is 0.307 e. The quantitative estimate of drug-likeness (QED) is 0.839. The number of hydrogen-bond acceptors (Lipinski definition) is 4. The van der Waals surface area contributed by atoms with Crippen molar-refractivity contribution in [2.45, 2.75) is 49.3 Å². The molecule has 1 heterocycles. The van der Waals surface area contributed by atoms with Gasteiger partial charge >= 0.3 is 5.97 Å².